The molecule has 1 aromatic carbocycles. The Bertz CT molecular complexity index is 883. The molecular weight excluding hydrogens is 394 g/mol. The molecule has 2 saturated heterocycles. The molecular formula is C23H33N5O3. The average molecular weight is 428 g/mol. The quantitative estimate of drug-likeness (QED) is 0.702. The largest absolute Gasteiger partial charge is 0.450 e. The third kappa shape index (κ3) is 5.25. The van der Waals surface area contributed by atoms with Crippen molar-refractivity contribution in [3.8, 4) is 0 Å². The van der Waals surface area contributed by atoms with Crippen molar-refractivity contribution in [2.75, 3.05) is 64.5 Å². The van der Waals surface area contributed by atoms with Crippen LogP contribution in [-0.2, 0) is 16.0 Å². The van der Waals surface area contributed by atoms with Crippen LogP contribution in [0.15, 0.2) is 24.3 Å². The zero-order valence-electron chi connectivity index (χ0n) is 18.6. The van der Waals surface area contributed by atoms with E-state index in [0.717, 1.165) is 61.8 Å². The van der Waals surface area contributed by atoms with Crippen molar-refractivity contribution in [1.82, 2.24) is 19.8 Å². The van der Waals surface area contributed by atoms with Crippen LogP contribution in [0, 0.1) is 5.92 Å². The number of amides is 1. The second-order valence-electron chi connectivity index (χ2n) is 8.35. The van der Waals surface area contributed by atoms with Gasteiger partial charge in [0.1, 0.15) is 11.6 Å². The standard InChI is InChI=1S/C23H33N5O3/c1-3-31-23(29)27-13-11-26(12-14-27)16-21-24-20-9-5-4-8-19(20)22(25-21)28-10-6-7-18(15-28)17-30-2/h4-5,8-9,18H,3,6-7,10-17H2,1-2H3. The summed E-state index contributed by atoms with van der Waals surface area (Å²) in [5.41, 5.74) is 0.988. The summed E-state index contributed by atoms with van der Waals surface area (Å²) >= 11 is 0. The first kappa shape index (κ1) is 21.8. The van der Waals surface area contributed by atoms with Gasteiger partial charge in [0.15, 0.2) is 0 Å². The number of nitrogens with zero attached hydrogens (tertiary/aromatic N) is 5. The molecule has 0 N–H and O–H groups in total. The van der Waals surface area contributed by atoms with Crippen LogP contribution >= 0.6 is 0 Å². The molecule has 2 aliphatic heterocycles. The predicted molar refractivity (Wildman–Crippen MR) is 120 cm³/mol. The molecule has 2 aliphatic rings. The summed E-state index contributed by atoms with van der Waals surface area (Å²) in [6.07, 6.45) is 2.13. The molecule has 0 spiro atoms. The number of hydrogen-bond donors (Lipinski definition) is 0. The molecule has 2 aromatic rings. The second-order valence-corrected chi connectivity index (χ2v) is 8.35. The Morgan fingerprint density at radius 3 is 2.71 bits per heavy atom. The van der Waals surface area contributed by atoms with Gasteiger partial charge in [-0.25, -0.2) is 14.8 Å². The number of rotatable bonds is 6. The number of piperazine rings is 1. The Morgan fingerprint density at radius 1 is 1.13 bits per heavy atom. The molecule has 1 atom stereocenters. The van der Waals surface area contributed by atoms with Crippen LogP contribution in [0.1, 0.15) is 25.6 Å². The van der Waals surface area contributed by atoms with Gasteiger partial charge in [0.2, 0.25) is 0 Å². The van der Waals surface area contributed by atoms with Crippen LogP contribution < -0.4 is 4.90 Å². The Morgan fingerprint density at radius 2 is 1.94 bits per heavy atom. The van der Waals surface area contributed by atoms with Crippen LogP contribution in [0.3, 0.4) is 0 Å². The lowest BCUT2D eigenvalue weighted by Crippen LogP contribution is -2.48. The van der Waals surface area contributed by atoms with Crippen molar-refractivity contribution in [3.05, 3.63) is 30.1 Å². The van der Waals surface area contributed by atoms with Gasteiger partial charge in [-0.1, -0.05) is 12.1 Å². The summed E-state index contributed by atoms with van der Waals surface area (Å²) in [6.45, 7) is 8.63. The maximum Gasteiger partial charge on any atom is 0.409 e. The fourth-order valence-corrected chi connectivity index (χ4v) is 4.55. The van der Waals surface area contributed by atoms with Crippen molar-refractivity contribution >= 4 is 22.8 Å². The zero-order chi connectivity index (χ0) is 21.6. The highest BCUT2D eigenvalue weighted by atomic mass is 16.6. The highest BCUT2D eigenvalue weighted by Crippen LogP contribution is 2.28. The number of fused-ring (bicyclic) bond motifs is 1. The van der Waals surface area contributed by atoms with Crippen molar-refractivity contribution in [1.29, 1.82) is 0 Å². The molecule has 0 saturated carbocycles. The summed E-state index contributed by atoms with van der Waals surface area (Å²) in [5.74, 6) is 2.41. The zero-order valence-corrected chi connectivity index (χ0v) is 18.6. The topological polar surface area (TPSA) is 71.0 Å². The van der Waals surface area contributed by atoms with Crippen molar-refractivity contribution in [3.63, 3.8) is 0 Å². The summed E-state index contributed by atoms with van der Waals surface area (Å²) in [4.78, 5) is 28.3. The molecule has 8 nitrogen and oxygen atoms in total. The monoisotopic (exact) mass is 427 g/mol. The van der Waals surface area contributed by atoms with E-state index in [1.807, 2.05) is 13.0 Å². The number of aromatic nitrogens is 2. The number of hydrogen-bond acceptors (Lipinski definition) is 7. The Hall–Kier alpha value is -2.45. The van der Waals surface area contributed by atoms with E-state index in [2.05, 4.69) is 28.0 Å². The van der Waals surface area contributed by atoms with Gasteiger partial charge >= 0.3 is 6.09 Å². The SMILES string of the molecule is CCOC(=O)N1CCN(Cc2nc(N3CCCC(COC)C3)c3ccccc3n2)CC1. The van der Waals surface area contributed by atoms with Gasteiger partial charge < -0.3 is 19.3 Å². The molecule has 4 rings (SSSR count). The average Bonchev–Trinajstić information content (AvgIpc) is 2.79. The first-order valence-corrected chi connectivity index (χ1v) is 11.3. The van der Waals surface area contributed by atoms with Gasteiger partial charge in [-0.05, 0) is 37.8 Å². The van der Waals surface area contributed by atoms with Gasteiger partial charge in [-0.3, -0.25) is 4.90 Å². The minimum absolute atomic E-state index is 0.220. The first-order valence-electron chi connectivity index (χ1n) is 11.3. The van der Waals surface area contributed by atoms with Crippen molar-refractivity contribution in [2.24, 2.45) is 5.92 Å². The van der Waals surface area contributed by atoms with Crippen LogP contribution in [0.25, 0.3) is 10.9 Å². The molecule has 0 bridgehead atoms. The van der Waals surface area contributed by atoms with Gasteiger partial charge in [-0.15, -0.1) is 0 Å². The fraction of sp³-hybridized carbons (Fsp3) is 0.609. The minimum atomic E-state index is -0.220. The van der Waals surface area contributed by atoms with E-state index in [0.29, 0.717) is 32.2 Å². The third-order valence-electron chi connectivity index (χ3n) is 6.11. The number of ether oxygens (including phenoxy) is 2. The second kappa shape index (κ2) is 10.2. The van der Waals surface area contributed by atoms with E-state index >= 15 is 0 Å². The van der Waals surface area contributed by atoms with E-state index < -0.39 is 0 Å². The highest BCUT2D eigenvalue weighted by Gasteiger charge is 2.25. The molecule has 8 heteroatoms. The maximum absolute atomic E-state index is 11.9. The van der Waals surface area contributed by atoms with Crippen molar-refractivity contribution < 1.29 is 14.3 Å². The molecule has 3 heterocycles. The van der Waals surface area contributed by atoms with Crippen LogP contribution in [0.4, 0.5) is 10.6 Å². The number of para-hydroxylation sites is 1. The molecule has 0 aliphatic carbocycles. The summed E-state index contributed by atoms with van der Waals surface area (Å²) in [5, 5.41) is 1.11. The number of carbonyl (C=O) groups is 1. The van der Waals surface area contributed by atoms with Crippen LogP contribution in [0.5, 0.6) is 0 Å². The maximum atomic E-state index is 11.9. The molecule has 1 aromatic heterocycles. The van der Waals surface area contributed by atoms with Crippen LogP contribution in [-0.4, -0.2) is 85.5 Å². The molecule has 1 amide bonds. The van der Waals surface area contributed by atoms with E-state index in [1.165, 1.54) is 6.42 Å². The van der Waals surface area contributed by atoms with E-state index in [9.17, 15) is 4.79 Å². The normalized spacial score (nSPS) is 20.3. The molecule has 0 radical (unpaired) electrons. The van der Waals surface area contributed by atoms with E-state index in [1.54, 1.807) is 12.0 Å². The number of piperidine rings is 1. The summed E-state index contributed by atoms with van der Waals surface area (Å²) < 4.78 is 10.5. The number of benzene rings is 1. The highest BCUT2D eigenvalue weighted by molar-refractivity contribution is 5.89. The molecule has 1 unspecified atom stereocenters. The van der Waals surface area contributed by atoms with Gasteiger partial charge in [0.25, 0.3) is 0 Å². The Balaban J connectivity index is 1.50. The minimum Gasteiger partial charge on any atom is -0.450 e. The molecule has 2 fully saturated rings. The lowest BCUT2D eigenvalue weighted by molar-refractivity contribution is 0.0772. The predicted octanol–water partition coefficient (Wildman–Crippen LogP) is 2.77. The smallest absolute Gasteiger partial charge is 0.409 e. The third-order valence-corrected chi connectivity index (χ3v) is 6.11. The van der Waals surface area contributed by atoms with E-state index in [4.69, 9.17) is 19.4 Å². The summed E-state index contributed by atoms with van der Waals surface area (Å²) in [6, 6.07) is 8.27. The molecule has 31 heavy (non-hydrogen) atoms. The Kier molecular flexibility index (Phi) is 7.19. The number of anilines is 1. The number of methoxy groups -OCH3 is 1. The van der Waals surface area contributed by atoms with Crippen molar-refractivity contribution in [2.45, 2.75) is 26.3 Å². The van der Waals surface area contributed by atoms with E-state index in [-0.39, 0.29) is 6.09 Å². The number of carbonyl (C=O) groups excluding carboxylic acids is 1. The van der Waals surface area contributed by atoms with Gasteiger partial charge in [0.05, 0.1) is 25.3 Å². The van der Waals surface area contributed by atoms with Gasteiger partial charge in [0, 0.05) is 51.8 Å². The lowest BCUT2D eigenvalue weighted by atomic mass is 9.98. The van der Waals surface area contributed by atoms with Crippen LogP contribution in [0.2, 0.25) is 0 Å². The van der Waals surface area contributed by atoms with Gasteiger partial charge in [-0.2, -0.15) is 0 Å². The lowest BCUT2D eigenvalue weighted by Gasteiger charge is -2.35. The summed E-state index contributed by atoms with van der Waals surface area (Å²) in [7, 11) is 1.78. The first-order chi connectivity index (χ1) is 15.2. The fourth-order valence-electron chi connectivity index (χ4n) is 4.55. The Labute approximate surface area is 184 Å². The molecule has 168 valence electrons.